The number of anilines is 2. The monoisotopic (exact) mass is 389 g/mol. The lowest BCUT2D eigenvalue weighted by molar-refractivity contribution is -0.121. The van der Waals surface area contributed by atoms with E-state index in [4.69, 9.17) is 0 Å². The first kappa shape index (κ1) is 20.2. The maximum Gasteiger partial charge on any atom is 0.234 e. The molecule has 0 saturated carbocycles. The number of para-hydroxylation sites is 1. The molecule has 6 nitrogen and oxygen atoms in total. The molecule has 0 radical (unpaired) electrons. The van der Waals surface area contributed by atoms with Crippen LogP contribution < -0.4 is 10.6 Å². The zero-order valence-electron chi connectivity index (χ0n) is 15.5. The fraction of sp³-hybridized carbons (Fsp3) is 0.444. The second kappa shape index (κ2) is 8.52. The third kappa shape index (κ3) is 4.96. The van der Waals surface area contributed by atoms with Crippen LogP contribution >= 0.6 is 23.1 Å². The molecule has 0 fully saturated rings. The van der Waals surface area contributed by atoms with Gasteiger partial charge >= 0.3 is 0 Å². The Balaban J connectivity index is 1.99. The van der Waals surface area contributed by atoms with Gasteiger partial charge in [-0.2, -0.15) is 5.26 Å². The van der Waals surface area contributed by atoms with Crippen molar-refractivity contribution in [2.45, 2.75) is 49.7 Å². The van der Waals surface area contributed by atoms with E-state index in [1.54, 1.807) is 13.8 Å². The molecule has 0 aliphatic carbocycles. The van der Waals surface area contributed by atoms with E-state index >= 15 is 0 Å². The number of aromatic nitrogens is 2. The summed E-state index contributed by atoms with van der Waals surface area (Å²) in [7, 11) is 0. The Kier molecular flexibility index (Phi) is 6.62. The molecule has 0 bridgehead atoms. The van der Waals surface area contributed by atoms with Gasteiger partial charge in [0.25, 0.3) is 0 Å². The summed E-state index contributed by atoms with van der Waals surface area (Å²) in [6.45, 7) is 9.38. The summed E-state index contributed by atoms with van der Waals surface area (Å²) in [5.41, 5.74) is 1.21. The van der Waals surface area contributed by atoms with Crippen molar-refractivity contribution in [2.75, 3.05) is 5.32 Å². The Bertz CT molecular complexity index is 814. The first-order valence-corrected chi connectivity index (χ1v) is 10.0. The van der Waals surface area contributed by atoms with Crippen LogP contribution in [0.4, 0.5) is 10.8 Å². The van der Waals surface area contributed by atoms with Crippen molar-refractivity contribution >= 4 is 39.8 Å². The van der Waals surface area contributed by atoms with E-state index in [-0.39, 0.29) is 17.1 Å². The molecule has 138 valence electrons. The van der Waals surface area contributed by atoms with Gasteiger partial charge in [-0.25, -0.2) is 0 Å². The number of benzene rings is 1. The molecule has 1 heterocycles. The lowest BCUT2D eigenvalue weighted by atomic mass is 9.90. The summed E-state index contributed by atoms with van der Waals surface area (Å²) in [6.07, 6.45) is 0. The van der Waals surface area contributed by atoms with E-state index in [1.165, 1.54) is 23.1 Å². The molecule has 0 unspecified atom stereocenters. The number of aryl methyl sites for hydroxylation is 1. The highest BCUT2D eigenvalue weighted by atomic mass is 32.2. The normalized spacial score (nSPS) is 14.3. The van der Waals surface area contributed by atoms with Crippen LogP contribution in [-0.4, -0.2) is 26.9 Å². The molecular formula is C18H23N5OS2. The van der Waals surface area contributed by atoms with Crippen LogP contribution in [0.1, 0.15) is 33.3 Å². The predicted molar refractivity (Wildman–Crippen MR) is 107 cm³/mol. The molecule has 1 aromatic carbocycles. The summed E-state index contributed by atoms with van der Waals surface area (Å²) in [6, 6.07) is 10.1. The van der Waals surface area contributed by atoms with Gasteiger partial charge in [-0.05, 0) is 38.3 Å². The van der Waals surface area contributed by atoms with Crippen molar-refractivity contribution < 1.29 is 4.79 Å². The van der Waals surface area contributed by atoms with Crippen LogP contribution in [0.25, 0.3) is 0 Å². The molecule has 8 heteroatoms. The number of hydrogen-bond donors (Lipinski definition) is 2. The molecule has 0 aliphatic heterocycles. The van der Waals surface area contributed by atoms with Gasteiger partial charge in [0.15, 0.2) is 4.34 Å². The minimum Gasteiger partial charge on any atom is -0.337 e. The predicted octanol–water partition coefficient (Wildman–Crippen LogP) is 4.13. The van der Waals surface area contributed by atoms with Gasteiger partial charge in [0.1, 0.15) is 5.54 Å². The van der Waals surface area contributed by atoms with Crippen molar-refractivity contribution in [1.29, 1.82) is 5.26 Å². The van der Waals surface area contributed by atoms with Crippen LogP contribution in [0.2, 0.25) is 0 Å². The third-order valence-electron chi connectivity index (χ3n) is 4.21. The zero-order chi connectivity index (χ0) is 19.3. The lowest BCUT2D eigenvalue weighted by Crippen LogP contribution is -2.51. The summed E-state index contributed by atoms with van der Waals surface area (Å²) >= 11 is 2.73. The third-order valence-corrected chi connectivity index (χ3v) is 6.23. The maximum atomic E-state index is 12.4. The first-order chi connectivity index (χ1) is 12.2. The Morgan fingerprint density at radius 2 is 2.00 bits per heavy atom. The molecular weight excluding hydrogens is 366 g/mol. The molecule has 2 rings (SSSR count). The van der Waals surface area contributed by atoms with Crippen molar-refractivity contribution in [3.63, 3.8) is 0 Å². The lowest BCUT2D eigenvalue weighted by Gasteiger charge is -2.28. The van der Waals surface area contributed by atoms with E-state index < -0.39 is 5.54 Å². The summed E-state index contributed by atoms with van der Waals surface area (Å²) in [4.78, 5) is 12.4. The second-order valence-corrected chi connectivity index (χ2v) is 9.10. The number of carbonyl (C=O) groups is 1. The fourth-order valence-corrected chi connectivity index (χ4v) is 3.91. The smallest absolute Gasteiger partial charge is 0.234 e. The molecule has 0 spiro atoms. The SMILES string of the molecule is Cc1ccccc1Nc1nnc(S[C@@H](C)C(=O)N[C@@](C)(C#N)C(C)C)s1. The van der Waals surface area contributed by atoms with E-state index in [9.17, 15) is 10.1 Å². The molecule has 0 aliphatic rings. The number of carbonyl (C=O) groups excluding carboxylic acids is 1. The van der Waals surface area contributed by atoms with E-state index in [0.717, 1.165) is 11.3 Å². The number of rotatable bonds is 7. The number of nitrogens with one attached hydrogen (secondary N) is 2. The number of nitriles is 1. The first-order valence-electron chi connectivity index (χ1n) is 8.31. The average molecular weight is 390 g/mol. The van der Waals surface area contributed by atoms with Gasteiger partial charge in [-0.1, -0.05) is 55.1 Å². The standard InChI is InChI=1S/C18H23N5OS2/c1-11(2)18(5,10-19)21-15(24)13(4)25-17-23-22-16(26-17)20-14-9-7-6-8-12(14)3/h6-9,11,13H,1-5H3,(H,20,22)(H,21,24)/t13-,18-/m0/s1. The topological polar surface area (TPSA) is 90.7 Å². The Morgan fingerprint density at radius 1 is 1.31 bits per heavy atom. The van der Waals surface area contributed by atoms with E-state index in [1.807, 2.05) is 45.0 Å². The van der Waals surface area contributed by atoms with Gasteiger partial charge < -0.3 is 10.6 Å². The highest BCUT2D eigenvalue weighted by Gasteiger charge is 2.32. The summed E-state index contributed by atoms with van der Waals surface area (Å²) in [5, 5.41) is 24.0. The van der Waals surface area contributed by atoms with E-state index in [2.05, 4.69) is 26.9 Å². The number of nitrogens with zero attached hydrogens (tertiary/aromatic N) is 3. The average Bonchev–Trinajstić information content (AvgIpc) is 3.03. The van der Waals surface area contributed by atoms with Gasteiger partial charge in [-0.15, -0.1) is 10.2 Å². The number of thioether (sulfide) groups is 1. The molecule has 26 heavy (non-hydrogen) atoms. The Hall–Kier alpha value is -2.11. The van der Waals surface area contributed by atoms with Crippen molar-refractivity contribution in [3.05, 3.63) is 29.8 Å². The quantitative estimate of drug-likeness (QED) is 0.692. The molecule has 0 saturated heterocycles. The van der Waals surface area contributed by atoms with Crippen molar-refractivity contribution in [2.24, 2.45) is 5.92 Å². The molecule has 2 atom stereocenters. The van der Waals surface area contributed by atoms with Gasteiger partial charge in [0.05, 0.1) is 11.3 Å². The molecule has 2 aromatic rings. The van der Waals surface area contributed by atoms with Crippen LogP contribution in [0.3, 0.4) is 0 Å². The van der Waals surface area contributed by atoms with Gasteiger partial charge in [0, 0.05) is 5.69 Å². The van der Waals surface area contributed by atoms with Crippen molar-refractivity contribution in [1.82, 2.24) is 15.5 Å². The van der Waals surface area contributed by atoms with Gasteiger partial charge in [-0.3, -0.25) is 4.79 Å². The Labute approximate surface area is 162 Å². The molecule has 1 amide bonds. The largest absolute Gasteiger partial charge is 0.337 e. The second-order valence-electron chi connectivity index (χ2n) is 6.53. The number of hydrogen-bond acceptors (Lipinski definition) is 7. The van der Waals surface area contributed by atoms with Crippen LogP contribution in [0.15, 0.2) is 28.6 Å². The van der Waals surface area contributed by atoms with Crippen LogP contribution in [-0.2, 0) is 4.79 Å². The van der Waals surface area contributed by atoms with Crippen LogP contribution in [0.5, 0.6) is 0 Å². The fourth-order valence-electron chi connectivity index (χ4n) is 2.00. The van der Waals surface area contributed by atoms with Crippen molar-refractivity contribution in [3.8, 4) is 6.07 Å². The maximum absolute atomic E-state index is 12.4. The molecule has 1 aromatic heterocycles. The number of amides is 1. The van der Waals surface area contributed by atoms with E-state index in [0.29, 0.717) is 9.47 Å². The zero-order valence-corrected chi connectivity index (χ0v) is 17.2. The minimum absolute atomic E-state index is 0.0140. The Morgan fingerprint density at radius 3 is 2.62 bits per heavy atom. The summed E-state index contributed by atoms with van der Waals surface area (Å²) in [5.74, 6) is -0.170. The minimum atomic E-state index is -0.884. The summed E-state index contributed by atoms with van der Waals surface area (Å²) < 4.78 is 0.701. The highest BCUT2D eigenvalue weighted by Crippen LogP contribution is 2.31. The van der Waals surface area contributed by atoms with Gasteiger partial charge in [0.2, 0.25) is 11.0 Å². The molecule has 2 N–H and O–H groups in total. The van der Waals surface area contributed by atoms with Crippen LogP contribution in [0, 0.1) is 24.2 Å². The highest BCUT2D eigenvalue weighted by molar-refractivity contribution is 8.02.